The number of nitrogens with one attached hydrogen (secondary N) is 1. The van der Waals surface area contributed by atoms with E-state index in [1.807, 2.05) is 6.07 Å². The summed E-state index contributed by atoms with van der Waals surface area (Å²) in [6, 6.07) is 14.2. The van der Waals surface area contributed by atoms with Gasteiger partial charge in [0.2, 0.25) is 11.1 Å². The first-order valence-electron chi connectivity index (χ1n) is 7.64. The third-order valence-electron chi connectivity index (χ3n) is 3.53. The highest BCUT2D eigenvalue weighted by atomic mass is 35.5. The van der Waals surface area contributed by atoms with Gasteiger partial charge in [-0.05, 0) is 31.2 Å². The van der Waals surface area contributed by atoms with Gasteiger partial charge in [0.15, 0.2) is 5.82 Å². The van der Waals surface area contributed by atoms with Crippen LogP contribution in [0.1, 0.15) is 6.92 Å². The summed E-state index contributed by atoms with van der Waals surface area (Å²) in [5.41, 5.74) is 1.30. The standard InChI is InChI=1S/C17H15Cl2N5OS/c1-10(16(25)21-14-8-3-2-7-13(14)19)26-17-23-22-15(24(17)20)11-5-4-6-12(18)9-11/h2-10H,20H2,1H3,(H,21,25)/t10-/m1/s1. The fourth-order valence-corrected chi connectivity index (χ4v) is 3.33. The Balaban J connectivity index is 1.73. The zero-order chi connectivity index (χ0) is 18.7. The average molecular weight is 408 g/mol. The topological polar surface area (TPSA) is 85.8 Å². The predicted octanol–water partition coefficient (Wildman–Crippen LogP) is 4.09. The van der Waals surface area contributed by atoms with Crippen LogP contribution in [-0.2, 0) is 4.79 Å². The Morgan fingerprint density at radius 1 is 1.19 bits per heavy atom. The number of para-hydroxylation sites is 1. The number of carbonyl (C=O) groups is 1. The average Bonchev–Trinajstić information content (AvgIpc) is 2.97. The second-order valence-corrected chi connectivity index (χ2v) is 7.57. The quantitative estimate of drug-likeness (QED) is 0.491. The summed E-state index contributed by atoms with van der Waals surface area (Å²) < 4.78 is 1.34. The summed E-state index contributed by atoms with van der Waals surface area (Å²) in [6.45, 7) is 1.75. The molecule has 3 rings (SSSR count). The van der Waals surface area contributed by atoms with E-state index in [0.717, 1.165) is 5.56 Å². The molecule has 0 saturated carbocycles. The Labute approximate surface area is 164 Å². The van der Waals surface area contributed by atoms with Crippen molar-refractivity contribution < 1.29 is 4.79 Å². The van der Waals surface area contributed by atoms with Crippen molar-refractivity contribution in [3.8, 4) is 11.4 Å². The SMILES string of the molecule is C[C@@H](Sc1nnc(-c2cccc(Cl)c2)n1N)C(=O)Nc1ccccc1Cl. The smallest absolute Gasteiger partial charge is 0.237 e. The highest BCUT2D eigenvalue weighted by Gasteiger charge is 2.20. The number of rotatable bonds is 5. The lowest BCUT2D eigenvalue weighted by Crippen LogP contribution is -2.23. The van der Waals surface area contributed by atoms with Crippen LogP contribution in [-0.4, -0.2) is 26.0 Å². The van der Waals surface area contributed by atoms with Crippen LogP contribution in [0.4, 0.5) is 5.69 Å². The molecule has 0 fully saturated rings. The van der Waals surface area contributed by atoms with E-state index in [0.29, 0.717) is 26.7 Å². The van der Waals surface area contributed by atoms with Gasteiger partial charge < -0.3 is 11.2 Å². The van der Waals surface area contributed by atoms with E-state index in [1.165, 1.54) is 16.4 Å². The summed E-state index contributed by atoms with van der Waals surface area (Å²) in [6.07, 6.45) is 0. The van der Waals surface area contributed by atoms with Crippen LogP contribution in [0, 0.1) is 0 Å². The lowest BCUT2D eigenvalue weighted by Gasteiger charge is -2.12. The van der Waals surface area contributed by atoms with Gasteiger partial charge in [0.05, 0.1) is 16.0 Å². The number of nitrogens with zero attached hydrogens (tertiary/aromatic N) is 3. The van der Waals surface area contributed by atoms with E-state index in [9.17, 15) is 4.79 Å². The first-order valence-corrected chi connectivity index (χ1v) is 9.27. The second kappa shape index (κ2) is 7.99. The summed E-state index contributed by atoms with van der Waals surface area (Å²) in [5, 5.41) is 12.0. The van der Waals surface area contributed by atoms with E-state index in [1.54, 1.807) is 49.4 Å². The molecule has 6 nitrogen and oxygen atoms in total. The Kier molecular flexibility index (Phi) is 5.70. The summed E-state index contributed by atoms with van der Waals surface area (Å²) in [4.78, 5) is 12.4. The summed E-state index contributed by atoms with van der Waals surface area (Å²) in [5.74, 6) is 6.34. The van der Waals surface area contributed by atoms with Crippen LogP contribution < -0.4 is 11.2 Å². The molecule has 1 atom stereocenters. The molecule has 3 N–H and O–H groups in total. The minimum atomic E-state index is -0.454. The first kappa shape index (κ1) is 18.6. The zero-order valence-electron chi connectivity index (χ0n) is 13.7. The van der Waals surface area contributed by atoms with Crippen LogP contribution in [0.2, 0.25) is 10.0 Å². The number of hydrogen-bond donors (Lipinski definition) is 2. The molecule has 2 aromatic carbocycles. The number of halogens is 2. The lowest BCUT2D eigenvalue weighted by atomic mass is 10.2. The number of amides is 1. The highest BCUT2D eigenvalue weighted by molar-refractivity contribution is 8.00. The number of nitrogens with two attached hydrogens (primary N) is 1. The molecule has 1 heterocycles. The fourth-order valence-electron chi connectivity index (χ4n) is 2.19. The molecule has 3 aromatic rings. The second-order valence-electron chi connectivity index (χ2n) is 5.42. The molecule has 0 saturated heterocycles. The highest BCUT2D eigenvalue weighted by Crippen LogP contribution is 2.27. The molecule has 0 spiro atoms. The van der Waals surface area contributed by atoms with Crippen LogP contribution in [0.5, 0.6) is 0 Å². The van der Waals surface area contributed by atoms with Gasteiger partial charge in [-0.3, -0.25) is 4.79 Å². The third kappa shape index (κ3) is 4.12. The van der Waals surface area contributed by atoms with Gasteiger partial charge in [-0.2, -0.15) is 0 Å². The molecular formula is C17H15Cl2N5OS. The van der Waals surface area contributed by atoms with Crippen LogP contribution in [0.3, 0.4) is 0 Å². The number of thioether (sulfide) groups is 1. The minimum absolute atomic E-state index is 0.213. The number of anilines is 1. The lowest BCUT2D eigenvalue weighted by molar-refractivity contribution is -0.115. The number of benzene rings is 2. The van der Waals surface area contributed by atoms with Crippen molar-refractivity contribution in [1.82, 2.24) is 14.9 Å². The van der Waals surface area contributed by atoms with Gasteiger partial charge in [-0.15, -0.1) is 10.2 Å². The molecular weight excluding hydrogens is 393 g/mol. The third-order valence-corrected chi connectivity index (χ3v) is 5.15. The van der Waals surface area contributed by atoms with Crippen molar-refractivity contribution in [2.75, 3.05) is 11.2 Å². The maximum Gasteiger partial charge on any atom is 0.237 e. The van der Waals surface area contributed by atoms with E-state index >= 15 is 0 Å². The molecule has 134 valence electrons. The Morgan fingerprint density at radius 2 is 1.96 bits per heavy atom. The fraction of sp³-hybridized carbons (Fsp3) is 0.118. The zero-order valence-corrected chi connectivity index (χ0v) is 16.0. The largest absolute Gasteiger partial charge is 0.335 e. The van der Waals surface area contributed by atoms with Crippen molar-refractivity contribution in [2.24, 2.45) is 0 Å². The Bertz CT molecular complexity index is 946. The van der Waals surface area contributed by atoms with E-state index in [-0.39, 0.29) is 5.91 Å². The first-order chi connectivity index (χ1) is 12.5. The maximum atomic E-state index is 12.4. The molecule has 26 heavy (non-hydrogen) atoms. The van der Waals surface area contributed by atoms with Gasteiger partial charge in [0.25, 0.3) is 0 Å². The minimum Gasteiger partial charge on any atom is -0.335 e. The molecule has 1 aromatic heterocycles. The van der Waals surface area contributed by atoms with E-state index in [4.69, 9.17) is 29.0 Å². The Morgan fingerprint density at radius 3 is 2.69 bits per heavy atom. The van der Waals surface area contributed by atoms with Crippen molar-refractivity contribution in [2.45, 2.75) is 17.3 Å². The number of carbonyl (C=O) groups excluding carboxylic acids is 1. The van der Waals surface area contributed by atoms with Crippen molar-refractivity contribution in [3.63, 3.8) is 0 Å². The molecule has 0 radical (unpaired) electrons. The number of nitrogen functional groups attached to an aromatic ring is 1. The Hall–Kier alpha value is -2.22. The molecule has 0 aliphatic heterocycles. The molecule has 1 amide bonds. The van der Waals surface area contributed by atoms with Crippen molar-refractivity contribution in [1.29, 1.82) is 0 Å². The van der Waals surface area contributed by atoms with Crippen LogP contribution in [0.25, 0.3) is 11.4 Å². The van der Waals surface area contributed by atoms with Crippen molar-refractivity contribution in [3.05, 3.63) is 58.6 Å². The van der Waals surface area contributed by atoms with Gasteiger partial charge in [0.1, 0.15) is 0 Å². The number of aromatic nitrogens is 3. The van der Waals surface area contributed by atoms with Gasteiger partial charge >= 0.3 is 0 Å². The molecule has 0 bridgehead atoms. The molecule has 0 aliphatic carbocycles. The molecule has 0 unspecified atom stereocenters. The predicted molar refractivity (Wildman–Crippen MR) is 106 cm³/mol. The summed E-state index contributed by atoms with van der Waals surface area (Å²) >= 11 is 13.3. The molecule has 0 aliphatic rings. The van der Waals surface area contributed by atoms with Crippen LogP contribution >= 0.6 is 35.0 Å². The summed E-state index contributed by atoms with van der Waals surface area (Å²) in [7, 11) is 0. The van der Waals surface area contributed by atoms with Gasteiger partial charge in [0, 0.05) is 10.6 Å². The number of hydrogen-bond acceptors (Lipinski definition) is 5. The van der Waals surface area contributed by atoms with Crippen LogP contribution in [0.15, 0.2) is 53.7 Å². The monoisotopic (exact) mass is 407 g/mol. The van der Waals surface area contributed by atoms with Crippen molar-refractivity contribution >= 4 is 46.6 Å². The van der Waals surface area contributed by atoms with E-state index in [2.05, 4.69) is 15.5 Å². The normalized spacial score (nSPS) is 12.0. The van der Waals surface area contributed by atoms with Gasteiger partial charge in [-0.1, -0.05) is 59.2 Å². The maximum absolute atomic E-state index is 12.4. The van der Waals surface area contributed by atoms with Gasteiger partial charge in [-0.25, -0.2) is 4.68 Å². The molecule has 9 heteroatoms. The van der Waals surface area contributed by atoms with E-state index < -0.39 is 5.25 Å².